The maximum Gasteiger partial charge on any atom is 0.483 e. The van der Waals surface area contributed by atoms with E-state index in [-0.39, 0.29) is 0 Å². The Morgan fingerprint density at radius 3 is 2.40 bits per heavy atom. The first-order valence-corrected chi connectivity index (χ1v) is 3.38. The van der Waals surface area contributed by atoms with Crippen molar-refractivity contribution in [3.8, 4) is 0 Å². The highest BCUT2D eigenvalue weighted by atomic mass is 16.5. The third-order valence-corrected chi connectivity index (χ3v) is 0.996. The van der Waals surface area contributed by atoms with E-state index >= 15 is 0 Å². The van der Waals surface area contributed by atoms with E-state index in [1.807, 2.05) is 21.0 Å². The van der Waals surface area contributed by atoms with Crippen molar-refractivity contribution in [3.05, 3.63) is 12.3 Å². The van der Waals surface area contributed by atoms with Gasteiger partial charge in [0.2, 0.25) is 6.73 Å². The summed E-state index contributed by atoms with van der Waals surface area (Å²) in [7, 11) is 9.34. The maximum atomic E-state index is 5.61. The molecule has 56 valence electrons. The Kier molecular flexibility index (Phi) is 3.51. The van der Waals surface area contributed by atoms with Crippen molar-refractivity contribution in [3.63, 3.8) is 0 Å². The Morgan fingerprint density at radius 1 is 1.60 bits per heavy atom. The lowest BCUT2D eigenvalue weighted by Crippen LogP contribution is -2.38. The highest BCUT2D eigenvalue weighted by Crippen LogP contribution is 2.00. The average molecular weight is 140 g/mol. The number of allylic oxidation sites excluding steroid dienone is 1. The molecular formula is C7H15BNO+. The van der Waals surface area contributed by atoms with Crippen LogP contribution in [-0.4, -0.2) is 33.2 Å². The van der Waals surface area contributed by atoms with Gasteiger partial charge in [0, 0.05) is 6.42 Å². The van der Waals surface area contributed by atoms with Crippen molar-refractivity contribution in [2.75, 3.05) is 20.8 Å². The summed E-state index contributed by atoms with van der Waals surface area (Å²) >= 11 is 0. The summed E-state index contributed by atoms with van der Waals surface area (Å²) in [5.41, 5.74) is 0. The second-order valence-electron chi connectivity index (χ2n) is 2.94. The van der Waals surface area contributed by atoms with Crippen LogP contribution in [-0.2, 0) is 4.74 Å². The van der Waals surface area contributed by atoms with E-state index in [1.54, 1.807) is 0 Å². The summed E-state index contributed by atoms with van der Waals surface area (Å²) in [5, 5.41) is 0. The van der Waals surface area contributed by atoms with Crippen molar-refractivity contribution >= 4 is 7.98 Å². The van der Waals surface area contributed by atoms with Crippen molar-refractivity contribution < 1.29 is 9.13 Å². The van der Waals surface area contributed by atoms with Crippen LogP contribution in [0.4, 0.5) is 0 Å². The van der Waals surface area contributed by atoms with Gasteiger partial charge >= 0.3 is 7.98 Å². The first-order chi connectivity index (χ1) is 4.45. The fraction of sp³-hybridized carbons (Fsp3) is 0.714. The number of hydrogen-bond donors (Lipinski definition) is 0. The van der Waals surface area contributed by atoms with Gasteiger partial charge in [-0.05, 0) is 0 Å². The number of quaternary nitrogens is 1. The first-order valence-electron chi connectivity index (χ1n) is 3.38. The zero-order valence-electron chi connectivity index (χ0n) is 7.05. The van der Waals surface area contributed by atoms with E-state index in [0.29, 0.717) is 11.1 Å². The predicted octanol–water partition coefficient (Wildman–Crippen LogP) is 1.04. The van der Waals surface area contributed by atoms with E-state index < -0.39 is 0 Å². The van der Waals surface area contributed by atoms with Gasteiger partial charge in [-0.15, -0.1) is 0 Å². The molecular weight excluding hydrogens is 125 g/mol. The summed E-state index contributed by atoms with van der Waals surface area (Å²) in [6.45, 7) is 6.17. The molecule has 0 rings (SSSR count). The second-order valence-corrected chi connectivity index (χ2v) is 2.94. The third kappa shape index (κ3) is 5.70. The lowest BCUT2D eigenvalue weighted by molar-refractivity contribution is -0.796. The van der Waals surface area contributed by atoms with Gasteiger partial charge in [0.15, 0.2) is 0 Å². The molecule has 0 aliphatic rings. The molecule has 0 bridgehead atoms. The van der Waals surface area contributed by atoms with Crippen LogP contribution in [0.15, 0.2) is 12.3 Å². The van der Waals surface area contributed by atoms with Gasteiger partial charge in [-0.3, -0.25) is 0 Å². The zero-order chi connectivity index (χ0) is 8.20. The molecule has 0 heterocycles. The van der Waals surface area contributed by atoms with Gasteiger partial charge in [-0.1, -0.05) is 13.5 Å². The average Bonchev–Trinajstić information content (AvgIpc) is 1.81. The quantitative estimate of drug-likeness (QED) is 0.322. The van der Waals surface area contributed by atoms with Crippen LogP contribution in [0.5, 0.6) is 0 Å². The van der Waals surface area contributed by atoms with Gasteiger partial charge in [-0.2, -0.15) is 0 Å². The van der Waals surface area contributed by atoms with E-state index in [2.05, 4.69) is 6.58 Å². The molecule has 0 aromatic rings. The molecule has 0 unspecified atom stereocenters. The highest BCUT2D eigenvalue weighted by molar-refractivity contribution is 5.97. The molecule has 0 fully saturated rings. The van der Waals surface area contributed by atoms with Gasteiger partial charge in [-0.25, -0.2) is 0 Å². The second kappa shape index (κ2) is 3.66. The Hall–Kier alpha value is -0.435. The molecule has 0 amide bonds. The molecule has 0 atom stereocenters. The van der Waals surface area contributed by atoms with Gasteiger partial charge in [0.25, 0.3) is 0 Å². The van der Waals surface area contributed by atoms with Crippen molar-refractivity contribution in [2.45, 2.75) is 13.3 Å². The SMILES string of the molecule is [B][N+](C)(C)COC(=C)CC. The number of nitrogens with zero attached hydrogens (tertiary/aromatic N) is 1. The number of hydrogen-bond acceptors (Lipinski definition) is 1. The molecule has 0 N–H and O–H groups in total. The largest absolute Gasteiger partial charge is 0.483 e. The lowest BCUT2D eigenvalue weighted by Gasteiger charge is -2.24. The Balaban J connectivity index is 3.46. The fourth-order valence-electron chi connectivity index (χ4n) is 0.360. The predicted molar refractivity (Wildman–Crippen MR) is 43.2 cm³/mol. The van der Waals surface area contributed by atoms with Crippen molar-refractivity contribution in [1.82, 2.24) is 0 Å². The third-order valence-electron chi connectivity index (χ3n) is 0.996. The summed E-state index contributed by atoms with van der Waals surface area (Å²) < 4.78 is 5.53. The summed E-state index contributed by atoms with van der Waals surface area (Å²) in [6.07, 6.45) is 0.847. The molecule has 0 spiro atoms. The number of rotatable bonds is 4. The molecule has 3 heteroatoms. The molecule has 2 radical (unpaired) electrons. The fourth-order valence-corrected chi connectivity index (χ4v) is 0.360. The van der Waals surface area contributed by atoms with Gasteiger partial charge in [0.05, 0.1) is 19.9 Å². The van der Waals surface area contributed by atoms with Crippen LogP contribution in [0, 0.1) is 0 Å². The Bertz CT molecular complexity index is 117. The minimum Gasteiger partial charge on any atom is -0.452 e. The van der Waals surface area contributed by atoms with E-state index in [1.165, 1.54) is 0 Å². The molecule has 0 saturated heterocycles. The standard InChI is InChI=1S/C7H15BNO/c1-5-7(2)10-6-9(3,4)8/h2,5-6H2,1,3-4H3/q+1. The van der Waals surface area contributed by atoms with E-state index in [0.717, 1.165) is 12.2 Å². The molecule has 0 aromatic heterocycles. The Labute approximate surface area is 64.5 Å². The summed E-state index contributed by atoms with van der Waals surface area (Å²) in [4.78, 5) is 0. The van der Waals surface area contributed by atoms with Crippen molar-refractivity contribution in [1.29, 1.82) is 0 Å². The topological polar surface area (TPSA) is 9.23 Å². The lowest BCUT2D eigenvalue weighted by atomic mass is 10.3. The van der Waals surface area contributed by atoms with Gasteiger partial charge < -0.3 is 9.13 Å². The van der Waals surface area contributed by atoms with Crippen LogP contribution >= 0.6 is 0 Å². The van der Waals surface area contributed by atoms with E-state index in [9.17, 15) is 0 Å². The van der Waals surface area contributed by atoms with Crippen LogP contribution in [0.2, 0.25) is 0 Å². The molecule has 0 saturated carbocycles. The minimum atomic E-state index is 0.318. The summed E-state index contributed by atoms with van der Waals surface area (Å²) in [6, 6.07) is 0. The van der Waals surface area contributed by atoms with Crippen LogP contribution in [0.3, 0.4) is 0 Å². The first kappa shape index (κ1) is 9.56. The highest BCUT2D eigenvalue weighted by Gasteiger charge is 2.07. The monoisotopic (exact) mass is 140 g/mol. The molecule has 2 nitrogen and oxygen atoms in total. The maximum absolute atomic E-state index is 5.61. The van der Waals surface area contributed by atoms with Crippen LogP contribution in [0.1, 0.15) is 13.3 Å². The van der Waals surface area contributed by atoms with Crippen LogP contribution < -0.4 is 0 Å². The Morgan fingerprint density at radius 2 is 2.10 bits per heavy atom. The van der Waals surface area contributed by atoms with Crippen LogP contribution in [0.25, 0.3) is 0 Å². The summed E-state index contributed by atoms with van der Waals surface area (Å²) in [5.74, 6) is 0.789. The number of ether oxygens (including phenoxy) is 1. The molecule has 0 aliphatic carbocycles. The molecule has 0 aromatic carbocycles. The minimum absolute atomic E-state index is 0.318. The zero-order valence-corrected chi connectivity index (χ0v) is 7.05. The van der Waals surface area contributed by atoms with E-state index in [4.69, 9.17) is 12.7 Å². The van der Waals surface area contributed by atoms with Gasteiger partial charge in [0.1, 0.15) is 0 Å². The normalized spacial score (nSPS) is 11.1. The smallest absolute Gasteiger partial charge is 0.452 e. The van der Waals surface area contributed by atoms with Crippen molar-refractivity contribution in [2.24, 2.45) is 0 Å². The molecule has 0 aliphatic heterocycles. The molecule has 10 heavy (non-hydrogen) atoms.